The quantitative estimate of drug-likeness (QED) is 0.182. The van der Waals surface area contributed by atoms with Crippen molar-refractivity contribution in [3.63, 3.8) is 0 Å². The maximum Gasteiger partial charge on any atom is 0.122 e. The zero-order valence-electron chi connectivity index (χ0n) is 21.8. The molecule has 0 aliphatic carbocycles. The first-order valence-electron chi connectivity index (χ1n) is 12.5. The molecule has 1 saturated heterocycles. The summed E-state index contributed by atoms with van der Waals surface area (Å²) in [7, 11) is 4.23. The van der Waals surface area contributed by atoms with E-state index in [4.69, 9.17) is 28.6 Å². The highest BCUT2D eigenvalue weighted by Gasteiger charge is 2.31. The first-order valence-corrected chi connectivity index (χ1v) is 14.3. The second-order valence-electron chi connectivity index (χ2n) is 9.80. The van der Waals surface area contributed by atoms with E-state index in [1.165, 1.54) is 21.6 Å². The zero-order valence-corrected chi connectivity index (χ0v) is 24.2. The second kappa shape index (κ2) is 13.8. The van der Waals surface area contributed by atoms with Gasteiger partial charge in [-0.05, 0) is 101 Å². The van der Waals surface area contributed by atoms with E-state index in [0.29, 0.717) is 12.0 Å². The molecule has 192 valence electrons. The van der Waals surface area contributed by atoms with Gasteiger partial charge in [-0.1, -0.05) is 29.9 Å². The lowest BCUT2D eigenvalue weighted by Crippen LogP contribution is -2.52. The van der Waals surface area contributed by atoms with Crippen molar-refractivity contribution in [2.45, 2.75) is 44.6 Å². The number of hydrogen-bond acceptors (Lipinski definition) is 5. The highest BCUT2D eigenvalue weighted by atomic mass is 35.5. The van der Waals surface area contributed by atoms with Crippen LogP contribution in [0.4, 0.5) is 0 Å². The maximum absolute atomic E-state index is 6.10. The van der Waals surface area contributed by atoms with Crippen molar-refractivity contribution >= 4 is 40.6 Å². The highest BCUT2D eigenvalue weighted by molar-refractivity contribution is 8.01. The molecule has 0 amide bonds. The molecule has 0 aromatic heterocycles. The summed E-state index contributed by atoms with van der Waals surface area (Å²) in [6, 6.07) is 12.7. The summed E-state index contributed by atoms with van der Waals surface area (Å²) >= 11 is 13.2. The molecule has 1 N–H and O–H groups in total. The van der Waals surface area contributed by atoms with Crippen LogP contribution < -0.4 is 10.1 Å². The molecule has 1 heterocycles. The van der Waals surface area contributed by atoms with Crippen LogP contribution in [0.25, 0.3) is 0 Å². The number of likely N-dealkylation sites (tertiary alicyclic amines) is 1. The van der Waals surface area contributed by atoms with Gasteiger partial charge in [-0.3, -0.25) is 4.90 Å². The molecule has 0 bridgehead atoms. The number of halogens is 1. The molecule has 1 unspecified atom stereocenters. The average Bonchev–Trinajstić information content (AvgIpc) is 2.79. The highest BCUT2D eigenvalue weighted by Crippen LogP contribution is 2.34. The van der Waals surface area contributed by atoms with Gasteiger partial charge in [0.1, 0.15) is 5.75 Å². The summed E-state index contributed by atoms with van der Waals surface area (Å²) in [5.74, 6) is 2.47. The standard InChI is InChI=1S/C28H40ClN3OS2/c1-20-21(2)27(33-15-7-6-14-31(4)5)13-12-26(20)22(3)32-17-23(18-32)16-30-28(34)19-35-25-10-8-24(29)9-11-25/h8-13,22-23H,6-7,14-19H2,1-5H3,(H,30,34). The first-order chi connectivity index (χ1) is 16.7. The second-order valence-corrected chi connectivity index (χ2v) is 11.8. The van der Waals surface area contributed by atoms with E-state index < -0.39 is 0 Å². The number of thiocarbonyl (C=S) groups is 1. The van der Waals surface area contributed by atoms with Crippen LogP contribution in [0.3, 0.4) is 0 Å². The van der Waals surface area contributed by atoms with Crippen LogP contribution in [0, 0.1) is 19.8 Å². The summed E-state index contributed by atoms with van der Waals surface area (Å²) in [6.45, 7) is 11.8. The molecule has 0 spiro atoms. The SMILES string of the molecule is Cc1c(OCCCCN(C)C)ccc(C(C)N2CC(CNC(=S)CSc3ccc(Cl)cc3)C2)c1C. The Labute approximate surface area is 226 Å². The van der Waals surface area contributed by atoms with Gasteiger partial charge in [0.05, 0.1) is 11.6 Å². The third kappa shape index (κ3) is 8.64. The normalized spacial score (nSPS) is 15.2. The van der Waals surface area contributed by atoms with E-state index in [0.717, 1.165) is 67.1 Å². The Balaban J connectivity index is 1.39. The lowest BCUT2D eigenvalue weighted by atomic mass is 9.91. The number of rotatable bonds is 13. The van der Waals surface area contributed by atoms with E-state index in [1.54, 1.807) is 11.8 Å². The van der Waals surface area contributed by atoms with E-state index in [2.05, 4.69) is 62.1 Å². The third-order valence-electron chi connectivity index (χ3n) is 6.79. The van der Waals surface area contributed by atoms with E-state index in [-0.39, 0.29) is 0 Å². The molecule has 1 aliphatic rings. The molecule has 2 aromatic rings. The van der Waals surface area contributed by atoms with E-state index in [9.17, 15) is 0 Å². The van der Waals surface area contributed by atoms with Crippen molar-refractivity contribution in [2.24, 2.45) is 5.92 Å². The Morgan fingerprint density at radius 1 is 1.14 bits per heavy atom. The van der Waals surface area contributed by atoms with E-state index in [1.807, 2.05) is 24.3 Å². The van der Waals surface area contributed by atoms with Gasteiger partial charge in [-0.25, -0.2) is 0 Å². The number of unbranched alkanes of at least 4 members (excludes halogenated alkanes) is 1. The summed E-state index contributed by atoms with van der Waals surface area (Å²) < 4.78 is 6.10. The Hall–Kier alpha value is -1.31. The zero-order chi connectivity index (χ0) is 25.4. The van der Waals surface area contributed by atoms with Crippen molar-refractivity contribution in [3.05, 3.63) is 58.1 Å². The van der Waals surface area contributed by atoms with Gasteiger partial charge in [0.15, 0.2) is 0 Å². The monoisotopic (exact) mass is 533 g/mol. The van der Waals surface area contributed by atoms with Gasteiger partial charge < -0.3 is 15.0 Å². The van der Waals surface area contributed by atoms with Gasteiger partial charge in [0.2, 0.25) is 0 Å². The molecule has 4 nitrogen and oxygen atoms in total. The molecule has 3 rings (SSSR count). The molecule has 0 radical (unpaired) electrons. The van der Waals surface area contributed by atoms with Crippen molar-refractivity contribution in [3.8, 4) is 5.75 Å². The predicted octanol–water partition coefficient (Wildman–Crippen LogP) is 6.38. The number of hydrogen-bond donors (Lipinski definition) is 1. The molecule has 1 atom stereocenters. The number of nitrogens with one attached hydrogen (secondary N) is 1. The van der Waals surface area contributed by atoms with Crippen molar-refractivity contribution in [1.29, 1.82) is 0 Å². The minimum atomic E-state index is 0.409. The number of thioether (sulfide) groups is 1. The molecule has 0 saturated carbocycles. The predicted molar refractivity (Wildman–Crippen MR) is 155 cm³/mol. The average molecular weight is 534 g/mol. The van der Waals surface area contributed by atoms with Crippen molar-refractivity contribution < 1.29 is 4.74 Å². The van der Waals surface area contributed by atoms with Crippen molar-refractivity contribution in [2.75, 3.05) is 52.6 Å². The van der Waals surface area contributed by atoms with Crippen LogP contribution in [-0.4, -0.2) is 67.4 Å². The Kier molecular flexibility index (Phi) is 11.2. The van der Waals surface area contributed by atoms with Gasteiger partial charge >= 0.3 is 0 Å². The molecular weight excluding hydrogens is 494 g/mol. The van der Waals surface area contributed by atoms with Gasteiger partial charge in [0, 0.05) is 47.3 Å². The van der Waals surface area contributed by atoms with Crippen LogP contribution in [0.1, 0.15) is 42.5 Å². The Morgan fingerprint density at radius 3 is 2.54 bits per heavy atom. The van der Waals surface area contributed by atoms with Gasteiger partial charge in [-0.2, -0.15) is 0 Å². The fraction of sp³-hybridized carbons (Fsp3) is 0.536. The Morgan fingerprint density at radius 2 is 1.86 bits per heavy atom. The minimum Gasteiger partial charge on any atom is -0.493 e. The fourth-order valence-corrected chi connectivity index (χ4v) is 5.49. The van der Waals surface area contributed by atoms with Gasteiger partial charge in [-0.15, -0.1) is 11.8 Å². The maximum atomic E-state index is 6.10. The van der Waals surface area contributed by atoms with Crippen molar-refractivity contribution in [1.82, 2.24) is 15.1 Å². The number of ether oxygens (including phenoxy) is 1. The Bertz CT molecular complexity index is 961. The third-order valence-corrected chi connectivity index (χ3v) is 8.55. The summed E-state index contributed by atoms with van der Waals surface area (Å²) in [5, 5.41) is 4.23. The molecule has 35 heavy (non-hydrogen) atoms. The number of nitrogens with zero attached hydrogens (tertiary/aromatic N) is 2. The molecule has 1 fully saturated rings. The summed E-state index contributed by atoms with van der Waals surface area (Å²) in [6.07, 6.45) is 2.25. The lowest BCUT2D eigenvalue weighted by molar-refractivity contribution is 0.0620. The summed E-state index contributed by atoms with van der Waals surface area (Å²) in [5.41, 5.74) is 4.03. The first kappa shape index (κ1) is 28.3. The van der Waals surface area contributed by atoms with Crippen LogP contribution >= 0.6 is 35.6 Å². The molecule has 2 aromatic carbocycles. The summed E-state index contributed by atoms with van der Waals surface area (Å²) in [4.78, 5) is 6.88. The van der Waals surface area contributed by atoms with E-state index >= 15 is 0 Å². The van der Waals surface area contributed by atoms with Crippen LogP contribution in [0.15, 0.2) is 41.3 Å². The fourth-order valence-electron chi connectivity index (χ4n) is 4.38. The number of benzene rings is 2. The lowest BCUT2D eigenvalue weighted by Gasteiger charge is -2.44. The molecule has 7 heteroatoms. The smallest absolute Gasteiger partial charge is 0.122 e. The largest absolute Gasteiger partial charge is 0.493 e. The molecule has 1 aliphatic heterocycles. The minimum absolute atomic E-state index is 0.409. The van der Waals surface area contributed by atoms with Crippen LogP contribution in [0.2, 0.25) is 5.02 Å². The molecular formula is C28H40ClN3OS2. The van der Waals surface area contributed by atoms with Crippen LogP contribution in [0.5, 0.6) is 5.75 Å². The topological polar surface area (TPSA) is 27.7 Å². The van der Waals surface area contributed by atoms with Gasteiger partial charge in [0.25, 0.3) is 0 Å². The van der Waals surface area contributed by atoms with Crippen LogP contribution in [-0.2, 0) is 0 Å².